The lowest BCUT2D eigenvalue weighted by atomic mass is 9.94. The lowest BCUT2D eigenvalue weighted by Gasteiger charge is -2.11. The largest absolute Gasteiger partial charge is 0.508 e. The van der Waals surface area contributed by atoms with Crippen molar-refractivity contribution in [2.45, 2.75) is 18.8 Å². The van der Waals surface area contributed by atoms with Gasteiger partial charge in [0.25, 0.3) is 0 Å². The summed E-state index contributed by atoms with van der Waals surface area (Å²) in [6.07, 6.45) is 4.73. The maximum absolute atomic E-state index is 11.0. The van der Waals surface area contributed by atoms with E-state index in [1.165, 1.54) is 5.56 Å². The molecule has 0 aromatic heterocycles. The molecular weight excluding hydrogens is 264 g/mol. The minimum absolute atomic E-state index is 0.0378. The Balaban J connectivity index is 2.09. The van der Waals surface area contributed by atoms with Gasteiger partial charge in [0, 0.05) is 5.92 Å². The van der Waals surface area contributed by atoms with Crippen LogP contribution in [-0.4, -0.2) is 16.2 Å². The average Bonchev–Trinajstić information content (AvgIpc) is 2.48. The van der Waals surface area contributed by atoms with E-state index in [1.807, 2.05) is 42.5 Å². The first-order chi connectivity index (χ1) is 10.1. The van der Waals surface area contributed by atoms with Crippen LogP contribution in [0.3, 0.4) is 0 Å². The van der Waals surface area contributed by atoms with E-state index in [-0.39, 0.29) is 18.1 Å². The predicted octanol–water partition coefficient (Wildman–Crippen LogP) is 3.75. The van der Waals surface area contributed by atoms with Gasteiger partial charge in [-0.25, -0.2) is 0 Å². The third-order valence-electron chi connectivity index (χ3n) is 3.28. The highest BCUT2D eigenvalue weighted by atomic mass is 16.4. The quantitative estimate of drug-likeness (QED) is 0.793. The maximum Gasteiger partial charge on any atom is 0.304 e. The summed E-state index contributed by atoms with van der Waals surface area (Å²) in [4.78, 5) is 11.0. The van der Waals surface area contributed by atoms with Crippen LogP contribution in [-0.2, 0) is 11.2 Å². The standard InChI is InChI=1S/C18H18O3/c19-17-11-9-15(10-12-17)16(13-18(20)21)8-4-7-14-5-2-1-3-6-14/h1-6,8-12,16,19H,7,13H2,(H,20,21). The number of allylic oxidation sites excluding steroid dienone is 2. The maximum atomic E-state index is 11.0. The number of hydrogen-bond donors (Lipinski definition) is 2. The molecule has 0 spiro atoms. The molecule has 0 saturated carbocycles. The van der Waals surface area contributed by atoms with Gasteiger partial charge >= 0.3 is 5.97 Å². The van der Waals surface area contributed by atoms with E-state index in [4.69, 9.17) is 5.11 Å². The van der Waals surface area contributed by atoms with Gasteiger partial charge in [0.1, 0.15) is 5.75 Å². The van der Waals surface area contributed by atoms with E-state index >= 15 is 0 Å². The fourth-order valence-corrected chi connectivity index (χ4v) is 2.19. The Hall–Kier alpha value is -2.55. The van der Waals surface area contributed by atoms with Crippen LogP contribution in [0.4, 0.5) is 0 Å². The molecule has 2 aromatic carbocycles. The molecule has 0 saturated heterocycles. The van der Waals surface area contributed by atoms with Gasteiger partial charge in [-0.3, -0.25) is 4.79 Å². The number of phenols is 1. The molecule has 2 aromatic rings. The highest BCUT2D eigenvalue weighted by Crippen LogP contribution is 2.23. The number of rotatable bonds is 6. The topological polar surface area (TPSA) is 57.5 Å². The molecule has 0 fully saturated rings. The van der Waals surface area contributed by atoms with Crippen molar-refractivity contribution >= 4 is 5.97 Å². The summed E-state index contributed by atoms with van der Waals surface area (Å²) >= 11 is 0. The molecule has 0 heterocycles. The molecular formula is C18H18O3. The zero-order chi connectivity index (χ0) is 15.1. The molecule has 21 heavy (non-hydrogen) atoms. The monoisotopic (exact) mass is 282 g/mol. The van der Waals surface area contributed by atoms with E-state index in [2.05, 4.69) is 0 Å². The third kappa shape index (κ3) is 4.80. The third-order valence-corrected chi connectivity index (χ3v) is 3.28. The van der Waals surface area contributed by atoms with Gasteiger partial charge in [0.15, 0.2) is 0 Å². The Morgan fingerprint density at radius 2 is 1.71 bits per heavy atom. The molecule has 1 unspecified atom stereocenters. The molecule has 3 heteroatoms. The van der Waals surface area contributed by atoms with Crippen molar-refractivity contribution in [3.63, 3.8) is 0 Å². The first-order valence-corrected chi connectivity index (χ1v) is 6.86. The zero-order valence-corrected chi connectivity index (χ0v) is 11.6. The van der Waals surface area contributed by atoms with Gasteiger partial charge < -0.3 is 10.2 Å². The fourth-order valence-electron chi connectivity index (χ4n) is 2.19. The van der Waals surface area contributed by atoms with Crippen molar-refractivity contribution < 1.29 is 15.0 Å². The van der Waals surface area contributed by atoms with Crippen LogP contribution in [0.5, 0.6) is 5.75 Å². The van der Waals surface area contributed by atoms with E-state index in [0.717, 1.165) is 12.0 Å². The minimum Gasteiger partial charge on any atom is -0.508 e. The van der Waals surface area contributed by atoms with Crippen molar-refractivity contribution in [2.24, 2.45) is 0 Å². The second-order valence-corrected chi connectivity index (χ2v) is 4.91. The van der Waals surface area contributed by atoms with Gasteiger partial charge in [-0.1, -0.05) is 54.6 Å². The lowest BCUT2D eigenvalue weighted by molar-refractivity contribution is -0.137. The van der Waals surface area contributed by atoms with Crippen molar-refractivity contribution in [2.75, 3.05) is 0 Å². The number of carboxylic acid groups (broad SMARTS) is 1. The SMILES string of the molecule is O=C(O)CC(C=CCc1ccccc1)c1ccc(O)cc1. The molecule has 0 aliphatic carbocycles. The highest BCUT2D eigenvalue weighted by molar-refractivity contribution is 5.68. The Kier molecular flexibility index (Phi) is 5.16. The van der Waals surface area contributed by atoms with Gasteiger partial charge in [0.2, 0.25) is 0 Å². The van der Waals surface area contributed by atoms with Crippen LogP contribution in [0.25, 0.3) is 0 Å². The number of aliphatic carboxylic acids is 1. The smallest absolute Gasteiger partial charge is 0.304 e. The number of carboxylic acids is 1. The van der Waals surface area contributed by atoms with Crippen molar-refractivity contribution in [1.82, 2.24) is 0 Å². The second-order valence-electron chi connectivity index (χ2n) is 4.91. The summed E-state index contributed by atoms with van der Waals surface area (Å²) in [5.41, 5.74) is 2.08. The summed E-state index contributed by atoms with van der Waals surface area (Å²) in [6.45, 7) is 0. The van der Waals surface area contributed by atoms with E-state index in [9.17, 15) is 9.90 Å². The average molecular weight is 282 g/mol. The van der Waals surface area contributed by atoms with Crippen LogP contribution in [0.1, 0.15) is 23.5 Å². The molecule has 0 bridgehead atoms. The second kappa shape index (κ2) is 7.29. The van der Waals surface area contributed by atoms with Crippen molar-refractivity contribution in [1.29, 1.82) is 0 Å². The van der Waals surface area contributed by atoms with E-state index in [0.29, 0.717) is 0 Å². The molecule has 2 N–H and O–H groups in total. The van der Waals surface area contributed by atoms with Gasteiger partial charge in [-0.15, -0.1) is 0 Å². The van der Waals surface area contributed by atoms with Gasteiger partial charge in [-0.05, 0) is 29.7 Å². The summed E-state index contributed by atoms with van der Waals surface area (Å²) in [5, 5.41) is 18.3. The first kappa shape index (κ1) is 14.9. The molecule has 2 rings (SSSR count). The molecule has 0 aliphatic heterocycles. The molecule has 0 aliphatic rings. The Morgan fingerprint density at radius 3 is 2.33 bits per heavy atom. The molecule has 0 amide bonds. The molecule has 108 valence electrons. The summed E-state index contributed by atoms with van der Waals surface area (Å²) in [7, 11) is 0. The van der Waals surface area contributed by atoms with Crippen molar-refractivity contribution in [3.05, 3.63) is 77.9 Å². The predicted molar refractivity (Wildman–Crippen MR) is 82.4 cm³/mol. The molecule has 3 nitrogen and oxygen atoms in total. The fraction of sp³-hybridized carbons (Fsp3) is 0.167. The highest BCUT2D eigenvalue weighted by Gasteiger charge is 2.12. The normalized spacial score (nSPS) is 12.4. The Labute approximate surface area is 124 Å². The Bertz CT molecular complexity index is 600. The van der Waals surface area contributed by atoms with E-state index < -0.39 is 5.97 Å². The number of phenolic OH excluding ortho intramolecular Hbond substituents is 1. The number of benzene rings is 2. The van der Waals surface area contributed by atoms with Crippen LogP contribution in [0.2, 0.25) is 0 Å². The van der Waals surface area contributed by atoms with Crippen molar-refractivity contribution in [3.8, 4) is 5.75 Å². The number of carbonyl (C=O) groups is 1. The Morgan fingerprint density at radius 1 is 1.05 bits per heavy atom. The van der Waals surface area contributed by atoms with Crippen LogP contribution >= 0.6 is 0 Å². The molecule has 0 radical (unpaired) electrons. The first-order valence-electron chi connectivity index (χ1n) is 6.86. The number of hydrogen-bond acceptors (Lipinski definition) is 2. The van der Waals surface area contributed by atoms with Gasteiger partial charge in [0.05, 0.1) is 6.42 Å². The molecule has 1 atom stereocenters. The van der Waals surface area contributed by atoms with Crippen LogP contribution in [0.15, 0.2) is 66.7 Å². The minimum atomic E-state index is -0.836. The van der Waals surface area contributed by atoms with Gasteiger partial charge in [-0.2, -0.15) is 0 Å². The number of aromatic hydroxyl groups is 1. The zero-order valence-electron chi connectivity index (χ0n) is 11.6. The van der Waals surface area contributed by atoms with E-state index in [1.54, 1.807) is 24.3 Å². The lowest BCUT2D eigenvalue weighted by Crippen LogP contribution is -2.04. The summed E-state index contributed by atoms with van der Waals surface area (Å²) < 4.78 is 0. The van der Waals surface area contributed by atoms with Crippen LogP contribution in [0, 0.1) is 0 Å². The summed E-state index contributed by atoms with van der Waals surface area (Å²) in [6, 6.07) is 16.7. The summed E-state index contributed by atoms with van der Waals surface area (Å²) in [5.74, 6) is -0.842. The van der Waals surface area contributed by atoms with Crippen LogP contribution < -0.4 is 0 Å².